The van der Waals surface area contributed by atoms with Crippen molar-refractivity contribution >= 4 is 29.6 Å². The number of amides is 4. The molecule has 0 atom stereocenters. The Hall–Kier alpha value is -3.23. The highest BCUT2D eigenvalue weighted by atomic mass is 16.5. The van der Waals surface area contributed by atoms with E-state index in [1.54, 1.807) is 26.0 Å². The molecule has 1 aromatic rings. The number of imide groups is 1. The molecule has 1 aromatic carbocycles. The lowest BCUT2D eigenvalue weighted by Crippen LogP contribution is -2.43. The first kappa shape index (κ1) is 20.1. The maximum absolute atomic E-state index is 12.2. The summed E-state index contributed by atoms with van der Waals surface area (Å²) in [5, 5.41) is 2.57. The molecule has 0 spiro atoms. The van der Waals surface area contributed by atoms with E-state index >= 15 is 0 Å². The molecule has 9 heteroatoms. The fraction of sp³-hybridized carbons (Fsp3) is 0.389. The third-order valence-corrected chi connectivity index (χ3v) is 3.96. The van der Waals surface area contributed by atoms with Crippen LogP contribution in [0.3, 0.4) is 0 Å². The molecule has 1 heterocycles. The third kappa shape index (κ3) is 4.69. The lowest BCUT2D eigenvalue weighted by atomic mass is 10.1. The van der Waals surface area contributed by atoms with Gasteiger partial charge < -0.3 is 15.0 Å². The van der Waals surface area contributed by atoms with Gasteiger partial charge in [0.2, 0.25) is 5.91 Å². The van der Waals surface area contributed by atoms with Crippen LogP contribution in [-0.2, 0) is 19.1 Å². The maximum atomic E-state index is 12.2. The standard InChI is InChI=1S/C18H21N3O6/c1-3-19-14(22)9-20(4-2)15(23)11-27-16(24)10-21-17(25)12-7-5-6-8-13(12)18(21)26/h5-8H,3-4,9-11H2,1-2H3,(H,19,22). The van der Waals surface area contributed by atoms with E-state index in [4.69, 9.17) is 4.74 Å². The van der Waals surface area contributed by atoms with Crippen molar-refractivity contribution < 1.29 is 28.7 Å². The molecule has 0 radical (unpaired) electrons. The number of rotatable bonds is 8. The Morgan fingerprint density at radius 1 is 1.07 bits per heavy atom. The molecule has 144 valence electrons. The van der Waals surface area contributed by atoms with Crippen LogP contribution in [0.15, 0.2) is 24.3 Å². The van der Waals surface area contributed by atoms with Crippen LogP contribution in [0.1, 0.15) is 34.6 Å². The fourth-order valence-electron chi connectivity index (χ4n) is 2.59. The lowest BCUT2D eigenvalue weighted by molar-refractivity contribution is -0.152. The number of esters is 1. The minimum atomic E-state index is -0.882. The van der Waals surface area contributed by atoms with Gasteiger partial charge in [-0.3, -0.25) is 28.9 Å². The first-order chi connectivity index (χ1) is 12.9. The quantitative estimate of drug-likeness (QED) is 0.498. The zero-order valence-corrected chi connectivity index (χ0v) is 15.2. The van der Waals surface area contributed by atoms with E-state index in [-0.39, 0.29) is 30.1 Å². The van der Waals surface area contributed by atoms with Gasteiger partial charge in [0.25, 0.3) is 17.7 Å². The molecule has 1 aliphatic heterocycles. The van der Waals surface area contributed by atoms with Gasteiger partial charge >= 0.3 is 5.97 Å². The van der Waals surface area contributed by atoms with Crippen LogP contribution in [0.5, 0.6) is 0 Å². The zero-order chi connectivity index (χ0) is 20.0. The van der Waals surface area contributed by atoms with E-state index in [0.717, 1.165) is 4.90 Å². The minimum Gasteiger partial charge on any atom is -0.454 e. The average Bonchev–Trinajstić information content (AvgIpc) is 2.89. The number of hydrogen-bond donors (Lipinski definition) is 1. The van der Waals surface area contributed by atoms with Gasteiger partial charge in [-0.2, -0.15) is 0 Å². The highest BCUT2D eigenvalue weighted by Gasteiger charge is 2.36. The van der Waals surface area contributed by atoms with Gasteiger partial charge in [-0.05, 0) is 26.0 Å². The van der Waals surface area contributed by atoms with Crippen LogP contribution < -0.4 is 5.32 Å². The van der Waals surface area contributed by atoms with Gasteiger partial charge in [-0.15, -0.1) is 0 Å². The van der Waals surface area contributed by atoms with E-state index in [0.29, 0.717) is 6.54 Å². The SMILES string of the molecule is CCNC(=O)CN(CC)C(=O)COC(=O)CN1C(=O)c2ccccc2C1=O. The van der Waals surface area contributed by atoms with Crippen molar-refractivity contribution in [2.75, 3.05) is 32.8 Å². The van der Waals surface area contributed by atoms with Crippen molar-refractivity contribution in [3.05, 3.63) is 35.4 Å². The lowest BCUT2D eigenvalue weighted by Gasteiger charge is -2.20. The number of benzene rings is 1. The predicted molar refractivity (Wildman–Crippen MR) is 93.7 cm³/mol. The summed E-state index contributed by atoms with van der Waals surface area (Å²) in [6, 6.07) is 6.26. The Labute approximate surface area is 156 Å². The van der Waals surface area contributed by atoms with E-state index in [9.17, 15) is 24.0 Å². The van der Waals surface area contributed by atoms with Gasteiger partial charge in [0.05, 0.1) is 17.7 Å². The Balaban J connectivity index is 1.87. The number of ether oxygens (including phenoxy) is 1. The highest BCUT2D eigenvalue weighted by molar-refractivity contribution is 6.22. The highest BCUT2D eigenvalue weighted by Crippen LogP contribution is 2.22. The number of hydrogen-bond acceptors (Lipinski definition) is 6. The Morgan fingerprint density at radius 3 is 2.19 bits per heavy atom. The molecule has 9 nitrogen and oxygen atoms in total. The monoisotopic (exact) mass is 375 g/mol. The Bertz CT molecular complexity index is 741. The molecule has 0 aliphatic carbocycles. The molecule has 2 rings (SSSR count). The van der Waals surface area contributed by atoms with Gasteiger partial charge in [0.15, 0.2) is 6.61 Å². The van der Waals surface area contributed by atoms with Crippen LogP contribution in [0, 0.1) is 0 Å². The van der Waals surface area contributed by atoms with Crippen molar-refractivity contribution in [1.82, 2.24) is 15.1 Å². The summed E-state index contributed by atoms with van der Waals surface area (Å²) < 4.78 is 4.88. The topological polar surface area (TPSA) is 113 Å². The minimum absolute atomic E-state index is 0.140. The van der Waals surface area contributed by atoms with Gasteiger partial charge in [0.1, 0.15) is 6.54 Å². The summed E-state index contributed by atoms with van der Waals surface area (Å²) in [6.45, 7) is 2.87. The second-order valence-electron chi connectivity index (χ2n) is 5.76. The molecule has 27 heavy (non-hydrogen) atoms. The fourth-order valence-corrected chi connectivity index (χ4v) is 2.59. The van der Waals surface area contributed by atoms with Crippen LogP contribution in [-0.4, -0.2) is 72.2 Å². The molecule has 0 saturated heterocycles. The summed E-state index contributed by atoms with van der Waals surface area (Å²) in [5.41, 5.74) is 0.455. The molecule has 0 fully saturated rings. The molecule has 4 amide bonds. The smallest absolute Gasteiger partial charge is 0.326 e. The molecular formula is C18H21N3O6. The van der Waals surface area contributed by atoms with E-state index < -0.39 is 36.8 Å². The molecule has 0 unspecified atom stereocenters. The van der Waals surface area contributed by atoms with Crippen molar-refractivity contribution in [3.8, 4) is 0 Å². The van der Waals surface area contributed by atoms with Gasteiger partial charge in [0, 0.05) is 13.1 Å². The Morgan fingerprint density at radius 2 is 1.67 bits per heavy atom. The van der Waals surface area contributed by atoms with Crippen molar-refractivity contribution in [2.24, 2.45) is 0 Å². The van der Waals surface area contributed by atoms with Crippen LogP contribution >= 0.6 is 0 Å². The largest absolute Gasteiger partial charge is 0.454 e. The first-order valence-corrected chi connectivity index (χ1v) is 8.54. The molecule has 0 bridgehead atoms. The zero-order valence-electron chi connectivity index (χ0n) is 15.2. The van der Waals surface area contributed by atoms with Gasteiger partial charge in [-0.25, -0.2) is 0 Å². The van der Waals surface area contributed by atoms with Crippen LogP contribution in [0.25, 0.3) is 0 Å². The molecule has 1 N–H and O–H groups in total. The number of nitrogens with zero attached hydrogens (tertiary/aromatic N) is 2. The van der Waals surface area contributed by atoms with E-state index in [1.165, 1.54) is 17.0 Å². The first-order valence-electron chi connectivity index (χ1n) is 8.54. The van der Waals surface area contributed by atoms with Gasteiger partial charge in [-0.1, -0.05) is 12.1 Å². The number of carbonyl (C=O) groups excluding carboxylic acids is 5. The molecule has 0 aromatic heterocycles. The maximum Gasteiger partial charge on any atom is 0.326 e. The van der Waals surface area contributed by atoms with Crippen molar-refractivity contribution in [3.63, 3.8) is 0 Å². The molecule has 1 aliphatic rings. The number of carbonyl (C=O) groups is 5. The molecule has 0 saturated carbocycles. The summed E-state index contributed by atoms with van der Waals surface area (Å²) >= 11 is 0. The second kappa shape index (κ2) is 8.93. The number of fused-ring (bicyclic) bond motifs is 1. The summed E-state index contributed by atoms with van der Waals surface area (Å²) in [5.74, 6) is -2.90. The van der Waals surface area contributed by atoms with Crippen molar-refractivity contribution in [2.45, 2.75) is 13.8 Å². The van der Waals surface area contributed by atoms with Crippen molar-refractivity contribution in [1.29, 1.82) is 0 Å². The summed E-state index contributed by atoms with van der Waals surface area (Å²) in [4.78, 5) is 62.0. The number of nitrogens with one attached hydrogen (secondary N) is 1. The Kier molecular flexibility index (Phi) is 6.64. The van der Waals surface area contributed by atoms with Crippen LogP contribution in [0.2, 0.25) is 0 Å². The van der Waals surface area contributed by atoms with Crippen LogP contribution in [0.4, 0.5) is 0 Å². The second-order valence-corrected chi connectivity index (χ2v) is 5.76. The third-order valence-electron chi connectivity index (χ3n) is 3.96. The number of likely N-dealkylation sites (N-methyl/N-ethyl adjacent to an activating group) is 2. The average molecular weight is 375 g/mol. The summed E-state index contributed by atoms with van der Waals surface area (Å²) in [6.07, 6.45) is 0. The van der Waals surface area contributed by atoms with E-state index in [2.05, 4.69) is 5.32 Å². The van der Waals surface area contributed by atoms with E-state index in [1.807, 2.05) is 0 Å². The molecular weight excluding hydrogens is 354 g/mol. The normalized spacial score (nSPS) is 12.6. The summed E-state index contributed by atoms with van der Waals surface area (Å²) in [7, 11) is 0. The predicted octanol–water partition coefficient (Wildman–Crippen LogP) is -0.190.